The highest BCUT2D eigenvalue weighted by Crippen LogP contribution is 2.29. The molecule has 0 radical (unpaired) electrons. The summed E-state index contributed by atoms with van der Waals surface area (Å²) >= 11 is 6.02. The number of nitrogens with zero attached hydrogens (tertiary/aromatic N) is 2. The third kappa shape index (κ3) is 2.98. The molecule has 1 unspecified atom stereocenters. The number of hydrogen-bond donors (Lipinski definition) is 0. The van der Waals surface area contributed by atoms with E-state index in [9.17, 15) is 14.4 Å². The van der Waals surface area contributed by atoms with Gasteiger partial charge >= 0.3 is 0 Å². The topological polar surface area (TPSA) is 57.7 Å². The monoisotopic (exact) mass is 334 g/mol. The number of halogens is 1. The Morgan fingerprint density at radius 2 is 2.09 bits per heavy atom. The van der Waals surface area contributed by atoms with Gasteiger partial charge in [0.25, 0.3) is 11.8 Å². The van der Waals surface area contributed by atoms with Crippen molar-refractivity contribution >= 4 is 29.3 Å². The molecule has 3 rings (SSSR count). The molecular weight excluding hydrogens is 316 g/mol. The van der Waals surface area contributed by atoms with Gasteiger partial charge < -0.3 is 4.90 Å². The molecule has 0 aromatic heterocycles. The third-order valence-corrected chi connectivity index (χ3v) is 4.82. The molecule has 23 heavy (non-hydrogen) atoms. The van der Waals surface area contributed by atoms with E-state index in [1.54, 1.807) is 18.2 Å². The Kier molecular flexibility index (Phi) is 4.39. The molecule has 0 saturated carbocycles. The predicted molar refractivity (Wildman–Crippen MR) is 86.4 cm³/mol. The van der Waals surface area contributed by atoms with Crippen LogP contribution in [0.15, 0.2) is 18.2 Å². The molecule has 122 valence electrons. The number of carbonyl (C=O) groups excluding carboxylic acids is 3. The van der Waals surface area contributed by atoms with Gasteiger partial charge in [0.2, 0.25) is 5.91 Å². The fraction of sp³-hybridized carbons (Fsp3) is 0.471. The summed E-state index contributed by atoms with van der Waals surface area (Å²) in [7, 11) is 0. The lowest BCUT2D eigenvalue weighted by atomic mass is 10.00. The van der Waals surface area contributed by atoms with Crippen LogP contribution in [0.1, 0.15) is 46.9 Å². The number of imide groups is 1. The highest BCUT2D eigenvalue weighted by Gasteiger charge is 2.37. The van der Waals surface area contributed by atoms with Crippen molar-refractivity contribution in [2.24, 2.45) is 5.92 Å². The Bertz CT molecular complexity index is 674. The first-order valence-corrected chi connectivity index (χ1v) is 8.29. The van der Waals surface area contributed by atoms with E-state index in [2.05, 4.69) is 6.92 Å². The van der Waals surface area contributed by atoms with E-state index in [0.29, 0.717) is 11.5 Å². The smallest absolute Gasteiger partial charge is 0.263 e. The second-order valence-electron chi connectivity index (χ2n) is 6.26. The summed E-state index contributed by atoms with van der Waals surface area (Å²) in [6.45, 7) is 3.75. The Morgan fingerprint density at radius 3 is 2.78 bits per heavy atom. The molecule has 2 aliphatic rings. The van der Waals surface area contributed by atoms with Crippen LogP contribution >= 0.6 is 11.6 Å². The number of carbonyl (C=O) groups is 3. The maximum Gasteiger partial charge on any atom is 0.263 e. The molecule has 2 aliphatic heterocycles. The van der Waals surface area contributed by atoms with Crippen molar-refractivity contribution in [3.63, 3.8) is 0 Å². The van der Waals surface area contributed by atoms with Gasteiger partial charge in [-0.05, 0) is 30.9 Å². The molecule has 1 atom stereocenters. The number of benzene rings is 1. The minimum Gasteiger partial charge on any atom is -0.342 e. The molecule has 1 aromatic rings. The maximum absolute atomic E-state index is 12.4. The molecule has 1 fully saturated rings. The molecule has 6 heteroatoms. The summed E-state index contributed by atoms with van der Waals surface area (Å²) in [4.78, 5) is 39.9. The Morgan fingerprint density at radius 1 is 1.30 bits per heavy atom. The van der Waals surface area contributed by atoms with E-state index in [1.165, 1.54) is 0 Å². The van der Waals surface area contributed by atoms with E-state index >= 15 is 0 Å². The van der Waals surface area contributed by atoms with Gasteiger partial charge in [-0.15, -0.1) is 0 Å². The second-order valence-corrected chi connectivity index (χ2v) is 6.67. The number of likely N-dealkylation sites (tertiary alicyclic amines) is 1. The summed E-state index contributed by atoms with van der Waals surface area (Å²) in [5.41, 5.74) is 0.569. The van der Waals surface area contributed by atoms with E-state index in [1.807, 2.05) is 4.90 Å². The van der Waals surface area contributed by atoms with Crippen LogP contribution in [-0.2, 0) is 4.79 Å². The van der Waals surface area contributed by atoms with Crippen molar-refractivity contribution in [1.82, 2.24) is 9.80 Å². The van der Waals surface area contributed by atoms with Gasteiger partial charge in [0.1, 0.15) is 0 Å². The van der Waals surface area contributed by atoms with E-state index in [-0.39, 0.29) is 35.4 Å². The first-order valence-electron chi connectivity index (χ1n) is 7.91. The molecule has 0 spiro atoms. The Hall–Kier alpha value is -1.88. The first kappa shape index (κ1) is 16.0. The van der Waals surface area contributed by atoms with E-state index in [0.717, 1.165) is 30.8 Å². The quantitative estimate of drug-likeness (QED) is 0.798. The van der Waals surface area contributed by atoms with Crippen LogP contribution in [0.2, 0.25) is 5.02 Å². The number of hydrogen-bond acceptors (Lipinski definition) is 3. The molecule has 3 amide bonds. The van der Waals surface area contributed by atoms with Crippen molar-refractivity contribution in [2.75, 3.05) is 19.6 Å². The van der Waals surface area contributed by atoms with Gasteiger partial charge in [0.05, 0.1) is 16.1 Å². The standard InChI is InChI=1S/C17H19ClN2O3/c1-11-4-3-8-19(10-11)14(21)7-9-20-16(22)12-5-2-6-13(18)15(12)17(20)23/h2,5-6,11H,3-4,7-10H2,1H3. The summed E-state index contributed by atoms with van der Waals surface area (Å²) in [6, 6.07) is 4.83. The second kappa shape index (κ2) is 6.32. The van der Waals surface area contributed by atoms with Gasteiger partial charge in [-0.2, -0.15) is 0 Å². The minimum absolute atomic E-state index is 0.000738. The van der Waals surface area contributed by atoms with Crippen molar-refractivity contribution < 1.29 is 14.4 Å². The minimum atomic E-state index is -0.407. The zero-order chi connectivity index (χ0) is 16.6. The Balaban J connectivity index is 1.66. The summed E-state index contributed by atoms with van der Waals surface area (Å²) in [6.07, 6.45) is 2.31. The highest BCUT2D eigenvalue weighted by molar-refractivity contribution is 6.37. The molecule has 1 saturated heterocycles. The van der Waals surface area contributed by atoms with Crippen LogP contribution in [0, 0.1) is 5.92 Å². The van der Waals surface area contributed by atoms with Crippen molar-refractivity contribution in [1.29, 1.82) is 0 Å². The molecule has 0 bridgehead atoms. The lowest BCUT2D eigenvalue weighted by Gasteiger charge is -2.31. The summed E-state index contributed by atoms with van der Waals surface area (Å²) in [5.74, 6) is -0.271. The van der Waals surface area contributed by atoms with Crippen LogP contribution in [0.25, 0.3) is 0 Å². The van der Waals surface area contributed by atoms with Crippen LogP contribution in [-0.4, -0.2) is 47.2 Å². The van der Waals surface area contributed by atoms with Crippen LogP contribution in [0.4, 0.5) is 0 Å². The molecular formula is C17H19ClN2O3. The van der Waals surface area contributed by atoms with E-state index in [4.69, 9.17) is 11.6 Å². The summed E-state index contributed by atoms with van der Waals surface area (Å²) < 4.78 is 0. The SMILES string of the molecule is CC1CCCN(C(=O)CCN2C(=O)c3cccc(Cl)c3C2=O)C1. The normalized spacial score (nSPS) is 20.9. The zero-order valence-corrected chi connectivity index (χ0v) is 13.8. The zero-order valence-electron chi connectivity index (χ0n) is 13.0. The molecule has 1 aromatic carbocycles. The predicted octanol–water partition coefficient (Wildman–Crippen LogP) is 2.58. The van der Waals surface area contributed by atoms with Gasteiger partial charge in [0.15, 0.2) is 0 Å². The Labute approximate surface area is 140 Å². The van der Waals surface area contributed by atoms with Gasteiger partial charge in [0, 0.05) is 26.1 Å². The average molecular weight is 335 g/mol. The number of fused-ring (bicyclic) bond motifs is 1. The van der Waals surface area contributed by atoms with Crippen LogP contribution in [0.3, 0.4) is 0 Å². The van der Waals surface area contributed by atoms with Crippen LogP contribution < -0.4 is 0 Å². The van der Waals surface area contributed by atoms with Gasteiger partial charge in [-0.25, -0.2) is 0 Å². The summed E-state index contributed by atoms with van der Waals surface area (Å²) in [5, 5.41) is 0.277. The third-order valence-electron chi connectivity index (χ3n) is 4.51. The van der Waals surface area contributed by atoms with E-state index < -0.39 is 5.91 Å². The highest BCUT2D eigenvalue weighted by atomic mass is 35.5. The van der Waals surface area contributed by atoms with Gasteiger partial charge in [-0.1, -0.05) is 24.6 Å². The first-order chi connectivity index (χ1) is 11.0. The van der Waals surface area contributed by atoms with Crippen LogP contribution in [0.5, 0.6) is 0 Å². The van der Waals surface area contributed by atoms with Crippen molar-refractivity contribution in [3.05, 3.63) is 34.3 Å². The fourth-order valence-corrected chi connectivity index (χ4v) is 3.53. The number of amides is 3. The largest absolute Gasteiger partial charge is 0.342 e. The molecule has 2 heterocycles. The van der Waals surface area contributed by atoms with Crippen molar-refractivity contribution in [2.45, 2.75) is 26.2 Å². The van der Waals surface area contributed by atoms with Gasteiger partial charge in [-0.3, -0.25) is 19.3 Å². The molecule has 5 nitrogen and oxygen atoms in total. The molecule has 0 aliphatic carbocycles. The average Bonchev–Trinajstić information content (AvgIpc) is 2.77. The lowest BCUT2D eigenvalue weighted by molar-refractivity contribution is -0.132. The number of rotatable bonds is 3. The maximum atomic E-state index is 12.4. The lowest BCUT2D eigenvalue weighted by Crippen LogP contribution is -2.41. The number of piperidine rings is 1. The fourth-order valence-electron chi connectivity index (χ4n) is 3.28. The van der Waals surface area contributed by atoms with Crippen molar-refractivity contribution in [3.8, 4) is 0 Å². The molecule has 0 N–H and O–H groups in total.